The summed E-state index contributed by atoms with van der Waals surface area (Å²) in [5.41, 5.74) is -0.0355. The van der Waals surface area contributed by atoms with E-state index in [1.165, 1.54) is 12.1 Å². The second-order valence-electron chi connectivity index (χ2n) is 6.38. The van der Waals surface area contributed by atoms with Crippen LogP contribution in [0.2, 0.25) is 0 Å². The second-order valence-corrected chi connectivity index (χ2v) is 6.38. The quantitative estimate of drug-likeness (QED) is 0.875. The minimum Gasteiger partial charge on any atom is -0.388 e. The van der Waals surface area contributed by atoms with Crippen molar-refractivity contribution in [2.45, 2.75) is 37.8 Å². The van der Waals surface area contributed by atoms with Gasteiger partial charge in [0.25, 0.3) is 11.5 Å². The molecule has 0 bridgehead atoms. The molecule has 2 N–H and O–H groups in total. The maximum absolute atomic E-state index is 12.8. The molecule has 1 aromatic carbocycles. The van der Waals surface area contributed by atoms with Gasteiger partial charge >= 0.3 is 0 Å². The lowest BCUT2D eigenvalue weighted by molar-refractivity contribution is 0.00759. The average molecular weight is 327 g/mol. The Morgan fingerprint density at radius 3 is 2.50 bits per heavy atom. The Morgan fingerprint density at radius 1 is 1.17 bits per heavy atom. The topological polar surface area (TPSA) is 86.3 Å². The number of nitrogens with zero attached hydrogens (tertiary/aromatic N) is 2. The molecule has 0 atom stereocenters. The summed E-state index contributed by atoms with van der Waals surface area (Å²) in [5.74, 6) is -0.296. The Hall–Kier alpha value is -2.47. The third kappa shape index (κ3) is 3.89. The van der Waals surface area contributed by atoms with Gasteiger partial charge in [-0.3, -0.25) is 9.59 Å². The number of aromatic nitrogens is 2. The van der Waals surface area contributed by atoms with Crippen LogP contribution in [-0.4, -0.2) is 38.3 Å². The number of amides is 1. The number of benzene rings is 1. The summed E-state index contributed by atoms with van der Waals surface area (Å²) in [6.07, 6.45) is 3.34. The molecular formula is C18H21N3O3. The third-order valence-electron chi connectivity index (χ3n) is 4.42. The van der Waals surface area contributed by atoms with E-state index < -0.39 is 5.60 Å². The molecule has 6 heteroatoms. The first kappa shape index (κ1) is 16.4. The Kier molecular flexibility index (Phi) is 4.76. The third-order valence-corrected chi connectivity index (χ3v) is 4.42. The number of carbonyl (C=O) groups excluding carboxylic acids is 1. The summed E-state index contributed by atoms with van der Waals surface area (Å²) in [6.45, 7) is 0.657. The van der Waals surface area contributed by atoms with E-state index in [9.17, 15) is 14.7 Å². The molecule has 24 heavy (non-hydrogen) atoms. The number of nitrogens with one attached hydrogen (secondary N) is 1. The largest absolute Gasteiger partial charge is 0.388 e. The molecular weight excluding hydrogens is 306 g/mol. The molecule has 1 amide bonds. The number of H-pyrrole nitrogens is 1. The Bertz CT molecular complexity index is 731. The van der Waals surface area contributed by atoms with Gasteiger partial charge in [0.1, 0.15) is 5.69 Å². The Labute approximate surface area is 140 Å². The molecule has 0 saturated heterocycles. The van der Waals surface area contributed by atoms with Crippen molar-refractivity contribution in [2.24, 2.45) is 0 Å². The molecule has 0 radical (unpaired) electrons. The molecule has 0 spiro atoms. The molecule has 0 unspecified atom stereocenters. The predicted octanol–water partition coefficient (Wildman–Crippen LogP) is 1.72. The molecule has 1 aliphatic carbocycles. The van der Waals surface area contributed by atoms with E-state index in [2.05, 4.69) is 10.2 Å². The van der Waals surface area contributed by atoms with Crippen molar-refractivity contribution in [2.75, 3.05) is 6.54 Å². The van der Waals surface area contributed by atoms with Crippen LogP contribution in [0.15, 0.2) is 47.3 Å². The predicted molar refractivity (Wildman–Crippen MR) is 89.5 cm³/mol. The van der Waals surface area contributed by atoms with E-state index in [0.29, 0.717) is 19.4 Å². The highest BCUT2D eigenvalue weighted by Gasteiger charge is 2.35. The first-order valence-corrected chi connectivity index (χ1v) is 8.17. The molecule has 0 aliphatic heterocycles. The van der Waals surface area contributed by atoms with Gasteiger partial charge in [-0.25, -0.2) is 5.10 Å². The summed E-state index contributed by atoms with van der Waals surface area (Å²) in [7, 11) is 0. The molecule has 2 aromatic rings. The van der Waals surface area contributed by atoms with E-state index >= 15 is 0 Å². The van der Waals surface area contributed by atoms with Gasteiger partial charge in [-0.05, 0) is 24.5 Å². The van der Waals surface area contributed by atoms with Crippen molar-refractivity contribution < 1.29 is 9.90 Å². The normalized spacial score (nSPS) is 16.0. The van der Waals surface area contributed by atoms with Crippen LogP contribution >= 0.6 is 0 Å². The first-order valence-electron chi connectivity index (χ1n) is 8.17. The first-order chi connectivity index (χ1) is 11.6. The highest BCUT2D eigenvalue weighted by atomic mass is 16.3. The second kappa shape index (κ2) is 6.97. The number of aliphatic hydroxyl groups is 1. The average Bonchev–Trinajstić information content (AvgIpc) is 3.02. The van der Waals surface area contributed by atoms with E-state index in [4.69, 9.17) is 0 Å². The van der Waals surface area contributed by atoms with Crippen LogP contribution in [0.4, 0.5) is 0 Å². The molecule has 126 valence electrons. The van der Waals surface area contributed by atoms with Crippen molar-refractivity contribution in [1.82, 2.24) is 15.1 Å². The van der Waals surface area contributed by atoms with Gasteiger partial charge in [0, 0.05) is 12.6 Å². The van der Waals surface area contributed by atoms with Gasteiger partial charge in [0.2, 0.25) is 0 Å². The van der Waals surface area contributed by atoms with Crippen molar-refractivity contribution in [3.63, 3.8) is 0 Å². The van der Waals surface area contributed by atoms with Crippen LogP contribution in [0, 0.1) is 0 Å². The summed E-state index contributed by atoms with van der Waals surface area (Å²) in [6, 6.07) is 12.3. The fourth-order valence-electron chi connectivity index (χ4n) is 3.18. The van der Waals surface area contributed by atoms with Crippen molar-refractivity contribution in [1.29, 1.82) is 0 Å². The highest BCUT2D eigenvalue weighted by Crippen LogP contribution is 2.31. The van der Waals surface area contributed by atoms with Gasteiger partial charge in [0.05, 0.1) is 12.1 Å². The fraction of sp³-hybridized carbons (Fsp3) is 0.389. The van der Waals surface area contributed by atoms with E-state index in [1.54, 1.807) is 4.90 Å². The standard InChI is InChI=1S/C18H21N3O3/c22-16-9-8-15(19-20-16)17(23)21(12-14-6-2-1-3-7-14)13-18(24)10-4-5-11-18/h1-3,6-9,24H,4-5,10-13H2,(H,20,22). The van der Waals surface area contributed by atoms with Gasteiger partial charge < -0.3 is 10.0 Å². The number of hydrogen-bond acceptors (Lipinski definition) is 4. The summed E-state index contributed by atoms with van der Waals surface area (Å²) < 4.78 is 0. The van der Waals surface area contributed by atoms with E-state index in [-0.39, 0.29) is 23.7 Å². The molecule has 1 saturated carbocycles. The van der Waals surface area contributed by atoms with Crippen LogP contribution < -0.4 is 5.56 Å². The molecule has 1 aromatic heterocycles. The van der Waals surface area contributed by atoms with Crippen molar-refractivity contribution in [3.8, 4) is 0 Å². The fourth-order valence-corrected chi connectivity index (χ4v) is 3.18. The van der Waals surface area contributed by atoms with Gasteiger partial charge in [-0.2, -0.15) is 5.10 Å². The zero-order valence-electron chi connectivity index (χ0n) is 13.4. The number of rotatable bonds is 5. The monoisotopic (exact) mass is 327 g/mol. The number of hydrogen-bond donors (Lipinski definition) is 2. The number of aromatic amines is 1. The van der Waals surface area contributed by atoms with Crippen LogP contribution in [0.3, 0.4) is 0 Å². The van der Waals surface area contributed by atoms with Crippen LogP contribution in [0.25, 0.3) is 0 Å². The minimum atomic E-state index is -0.841. The van der Waals surface area contributed by atoms with Crippen molar-refractivity contribution >= 4 is 5.91 Å². The van der Waals surface area contributed by atoms with Gasteiger partial charge in [-0.15, -0.1) is 0 Å². The van der Waals surface area contributed by atoms with Crippen LogP contribution in [0.1, 0.15) is 41.7 Å². The lowest BCUT2D eigenvalue weighted by atomic mass is 10.0. The number of carbonyl (C=O) groups is 1. The zero-order chi connectivity index (χ0) is 17.0. The summed E-state index contributed by atoms with van der Waals surface area (Å²) in [5, 5.41) is 16.8. The Balaban J connectivity index is 1.84. The highest BCUT2D eigenvalue weighted by molar-refractivity contribution is 5.92. The maximum Gasteiger partial charge on any atom is 0.274 e. The molecule has 1 heterocycles. The zero-order valence-corrected chi connectivity index (χ0v) is 13.4. The van der Waals surface area contributed by atoms with Crippen molar-refractivity contribution in [3.05, 3.63) is 64.1 Å². The van der Waals surface area contributed by atoms with Crippen LogP contribution in [0.5, 0.6) is 0 Å². The summed E-state index contributed by atoms with van der Waals surface area (Å²) >= 11 is 0. The smallest absolute Gasteiger partial charge is 0.274 e. The molecule has 1 fully saturated rings. The lowest BCUT2D eigenvalue weighted by Gasteiger charge is -2.31. The van der Waals surface area contributed by atoms with Gasteiger partial charge in [-0.1, -0.05) is 43.2 Å². The maximum atomic E-state index is 12.8. The van der Waals surface area contributed by atoms with E-state index in [1.807, 2.05) is 30.3 Å². The Morgan fingerprint density at radius 2 is 1.88 bits per heavy atom. The molecule has 6 nitrogen and oxygen atoms in total. The minimum absolute atomic E-state index is 0.173. The summed E-state index contributed by atoms with van der Waals surface area (Å²) in [4.78, 5) is 25.6. The van der Waals surface area contributed by atoms with Crippen LogP contribution in [-0.2, 0) is 6.54 Å². The van der Waals surface area contributed by atoms with Gasteiger partial charge in [0.15, 0.2) is 0 Å². The molecule has 1 aliphatic rings. The van der Waals surface area contributed by atoms with E-state index in [0.717, 1.165) is 18.4 Å². The SMILES string of the molecule is O=C(c1ccc(=O)[nH]n1)N(Cc1ccccc1)CC1(O)CCCC1. The lowest BCUT2D eigenvalue weighted by Crippen LogP contribution is -2.44. The molecule has 3 rings (SSSR count).